The molecule has 0 bridgehead atoms. The van der Waals surface area contributed by atoms with Gasteiger partial charge >= 0.3 is 0 Å². The molecular weight excluding hydrogens is 210 g/mol. The largest absolute Gasteiger partial charge is 0.381 e. The molecule has 0 radical (unpaired) electrons. The molecule has 0 spiro atoms. The molecule has 4 nitrogen and oxygen atoms in total. The number of hydrogen-bond donors (Lipinski definition) is 2. The maximum atomic E-state index is 5.81. The van der Waals surface area contributed by atoms with E-state index in [1.165, 1.54) is 25.7 Å². The zero-order valence-electron chi connectivity index (χ0n) is 9.32. The summed E-state index contributed by atoms with van der Waals surface area (Å²) in [5.41, 5.74) is 9.10. The lowest BCUT2D eigenvalue weighted by Gasteiger charge is -2.24. The minimum Gasteiger partial charge on any atom is -0.381 e. The van der Waals surface area contributed by atoms with Crippen LogP contribution in [-0.4, -0.2) is 36.1 Å². The molecule has 2 aliphatic heterocycles. The van der Waals surface area contributed by atoms with Crippen LogP contribution in [-0.2, 0) is 4.74 Å². The highest BCUT2D eigenvalue weighted by Gasteiger charge is 2.27. The second-order valence-electron chi connectivity index (χ2n) is 4.38. The summed E-state index contributed by atoms with van der Waals surface area (Å²) < 4.78 is 5.36. The average molecular weight is 231 g/mol. The van der Waals surface area contributed by atoms with E-state index in [1.807, 2.05) is 11.8 Å². The summed E-state index contributed by atoms with van der Waals surface area (Å²) >= 11 is 1.82. The van der Waals surface area contributed by atoms with Gasteiger partial charge in [-0.3, -0.25) is 0 Å². The van der Waals surface area contributed by atoms with Gasteiger partial charge < -0.3 is 10.5 Å². The third-order valence-electron chi connectivity index (χ3n) is 3.23. The van der Waals surface area contributed by atoms with Crippen LogP contribution in [0.5, 0.6) is 0 Å². The van der Waals surface area contributed by atoms with E-state index < -0.39 is 0 Å². The Morgan fingerprint density at radius 2 is 2.13 bits per heavy atom. The van der Waals surface area contributed by atoms with E-state index in [0.29, 0.717) is 5.37 Å². The summed E-state index contributed by atoms with van der Waals surface area (Å²) in [6.07, 6.45) is 5.01. The van der Waals surface area contributed by atoms with Crippen molar-refractivity contribution >= 4 is 11.8 Å². The van der Waals surface area contributed by atoms with Crippen LogP contribution in [0.2, 0.25) is 0 Å². The minimum absolute atomic E-state index is 0.0784. The van der Waals surface area contributed by atoms with Crippen LogP contribution in [0.15, 0.2) is 0 Å². The highest BCUT2D eigenvalue weighted by atomic mass is 32.2. The number of rotatable bonds is 3. The molecule has 2 fully saturated rings. The van der Waals surface area contributed by atoms with E-state index in [-0.39, 0.29) is 5.50 Å². The van der Waals surface area contributed by atoms with Crippen molar-refractivity contribution in [1.29, 1.82) is 0 Å². The molecule has 3 N–H and O–H groups in total. The van der Waals surface area contributed by atoms with Crippen LogP contribution >= 0.6 is 11.8 Å². The molecule has 2 atom stereocenters. The highest BCUT2D eigenvalue weighted by Crippen LogP contribution is 2.29. The van der Waals surface area contributed by atoms with Crippen LogP contribution in [0.3, 0.4) is 0 Å². The molecule has 88 valence electrons. The molecule has 5 heteroatoms. The van der Waals surface area contributed by atoms with E-state index in [9.17, 15) is 0 Å². The molecule has 0 amide bonds. The number of nitrogens with zero attached hydrogens (tertiary/aromatic N) is 1. The van der Waals surface area contributed by atoms with Crippen molar-refractivity contribution in [3.63, 3.8) is 0 Å². The average Bonchev–Trinajstić information content (AvgIpc) is 2.56. The van der Waals surface area contributed by atoms with Crippen molar-refractivity contribution in [2.24, 2.45) is 11.7 Å². The topological polar surface area (TPSA) is 50.5 Å². The fraction of sp³-hybridized carbons (Fsp3) is 1.00. The van der Waals surface area contributed by atoms with Gasteiger partial charge in [-0.25, -0.2) is 10.4 Å². The molecule has 0 aliphatic carbocycles. The third-order valence-corrected chi connectivity index (χ3v) is 4.49. The Labute approximate surface area is 95.9 Å². The van der Waals surface area contributed by atoms with Crippen LogP contribution < -0.4 is 11.2 Å². The summed E-state index contributed by atoms with van der Waals surface area (Å²) in [6, 6.07) is 0. The number of nitrogens with one attached hydrogen (secondary N) is 1. The Kier molecular flexibility index (Phi) is 4.28. The highest BCUT2D eigenvalue weighted by molar-refractivity contribution is 8.00. The summed E-state index contributed by atoms with van der Waals surface area (Å²) in [5.74, 6) is 0.865. The van der Waals surface area contributed by atoms with Crippen molar-refractivity contribution in [2.75, 3.05) is 20.3 Å². The van der Waals surface area contributed by atoms with Crippen LogP contribution in [0.4, 0.5) is 0 Å². The summed E-state index contributed by atoms with van der Waals surface area (Å²) in [7, 11) is 2.08. The molecule has 0 saturated carbocycles. The Morgan fingerprint density at radius 3 is 2.73 bits per heavy atom. The molecule has 2 aliphatic rings. The predicted octanol–water partition coefficient (Wildman–Crippen LogP) is 0.945. The maximum absolute atomic E-state index is 5.81. The SMILES string of the molecule is CN1NC(N)SC1CCC1CCOCC1. The minimum atomic E-state index is 0.0784. The Morgan fingerprint density at radius 1 is 1.40 bits per heavy atom. The van der Waals surface area contributed by atoms with Crippen molar-refractivity contribution in [3.05, 3.63) is 0 Å². The molecule has 2 heterocycles. The normalized spacial score (nSPS) is 34.8. The van der Waals surface area contributed by atoms with E-state index in [0.717, 1.165) is 19.1 Å². The fourth-order valence-corrected chi connectivity index (χ4v) is 3.33. The van der Waals surface area contributed by atoms with Crippen LogP contribution in [0, 0.1) is 5.92 Å². The molecule has 2 unspecified atom stereocenters. The molecular formula is C10H21N3OS. The zero-order chi connectivity index (χ0) is 10.7. The van der Waals surface area contributed by atoms with Crippen molar-refractivity contribution in [3.8, 4) is 0 Å². The van der Waals surface area contributed by atoms with Crippen molar-refractivity contribution in [2.45, 2.75) is 36.6 Å². The number of ether oxygens (including phenoxy) is 1. The molecule has 0 aromatic heterocycles. The lowest BCUT2D eigenvalue weighted by atomic mass is 9.95. The maximum Gasteiger partial charge on any atom is 0.117 e. The van der Waals surface area contributed by atoms with E-state index in [4.69, 9.17) is 10.5 Å². The van der Waals surface area contributed by atoms with E-state index in [1.54, 1.807) is 0 Å². The molecule has 2 saturated heterocycles. The zero-order valence-corrected chi connectivity index (χ0v) is 10.1. The monoisotopic (exact) mass is 231 g/mol. The third kappa shape index (κ3) is 3.32. The predicted molar refractivity (Wildman–Crippen MR) is 63.0 cm³/mol. The van der Waals surface area contributed by atoms with Crippen LogP contribution in [0.25, 0.3) is 0 Å². The Balaban J connectivity index is 1.68. The molecule has 15 heavy (non-hydrogen) atoms. The van der Waals surface area contributed by atoms with Crippen LogP contribution in [0.1, 0.15) is 25.7 Å². The van der Waals surface area contributed by atoms with Gasteiger partial charge in [-0.05, 0) is 31.6 Å². The number of hydrazine groups is 1. The number of hydrogen-bond acceptors (Lipinski definition) is 5. The van der Waals surface area contributed by atoms with Gasteiger partial charge in [-0.2, -0.15) is 0 Å². The van der Waals surface area contributed by atoms with Gasteiger partial charge in [-0.15, -0.1) is 11.8 Å². The summed E-state index contributed by atoms with van der Waals surface area (Å²) in [4.78, 5) is 0. The van der Waals surface area contributed by atoms with Gasteiger partial charge in [0.15, 0.2) is 0 Å². The molecule has 0 aromatic carbocycles. The van der Waals surface area contributed by atoms with Gasteiger partial charge in [0.2, 0.25) is 0 Å². The summed E-state index contributed by atoms with van der Waals surface area (Å²) in [5, 5.41) is 2.69. The Hall–Kier alpha value is 0.190. The number of thioether (sulfide) groups is 1. The Bertz CT molecular complexity index is 199. The van der Waals surface area contributed by atoms with Gasteiger partial charge in [-0.1, -0.05) is 0 Å². The quantitative estimate of drug-likeness (QED) is 0.757. The van der Waals surface area contributed by atoms with Gasteiger partial charge in [0, 0.05) is 20.3 Å². The fourth-order valence-electron chi connectivity index (χ4n) is 2.25. The smallest absolute Gasteiger partial charge is 0.117 e. The van der Waals surface area contributed by atoms with Crippen molar-refractivity contribution < 1.29 is 4.74 Å². The first kappa shape index (κ1) is 11.7. The first-order valence-corrected chi connectivity index (χ1v) is 6.68. The lowest BCUT2D eigenvalue weighted by Crippen LogP contribution is -2.39. The molecule has 0 aromatic rings. The van der Waals surface area contributed by atoms with E-state index in [2.05, 4.69) is 17.5 Å². The van der Waals surface area contributed by atoms with E-state index >= 15 is 0 Å². The number of nitrogens with two attached hydrogens (primary N) is 1. The molecule has 2 rings (SSSR count). The lowest BCUT2D eigenvalue weighted by molar-refractivity contribution is 0.0616. The first-order valence-electron chi connectivity index (χ1n) is 5.73. The van der Waals surface area contributed by atoms with Gasteiger partial charge in [0.25, 0.3) is 0 Å². The second kappa shape index (κ2) is 5.50. The first-order chi connectivity index (χ1) is 7.25. The standard InChI is InChI=1S/C10H21N3OS/c1-13-9(15-10(11)12-13)3-2-8-4-6-14-7-5-8/h8-10,12H,2-7,11H2,1H3. The van der Waals surface area contributed by atoms with Gasteiger partial charge in [0.1, 0.15) is 5.50 Å². The van der Waals surface area contributed by atoms with Crippen molar-refractivity contribution in [1.82, 2.24) is 10.4 Å². The summed E-state index contributed by atoms with van der Waals surface area (Å²) in [6.45, 7) is 1.91. The second-order valence-corrected chi connectivity index (χ2v) is 5.71. The van der Waals surface area contributed by atoms with Gasteiger partial charge in [0.05, 0.1) is 5.37 Å².